The van der Waals surface area contributed by atoms with Gasteiger partial charge in [0.1, 0.15) is 5.75 Å². The maximum absolute atomic E-state index is 12.2. The van der Waals surface area contributed by atoms with Gasteiger partial charge >= 0.3 is 0 Å². The highest BCUT2D eigenvalue weighted by Crippen LogP contribution is 2.22. The number of phenols is 1. The number of benzene rings is 2. The molecule has 0 aliphatic carbocycles. The van der Waals surface area contributed by atoms with Crippen LogP contribution in [0.25, 0.3) is 0 Å². The Kier molecular flexibility index (Phi) is 6.11. The molecule has 0 aliphatic heterocycles. The minimum absolute atomic E-state index is 0.00145. The van der Waals surface area contributed by atoms with Gasteiger partial charge in [0.15, 0.2) is 0 Å². The molecule has 26 heavy (non-hydrogen) atoms. The van der Waals surface area contributed by atoms with Crippen LogP contribution in [0.3, 0.4) is 0 Å². The summed E-state index contributed by atoms with van der Waals surface area (Å²) in [5.74, 6) is -0.652. The molecule has 6 nitrogen and oxygen atoms in total. The van der Waals surface area contributed by atoms with Crippen LogP contribution in [-0.4, -0.2) is 22.6 Å². The summed E-state index contributed by atoms with van der Waals surface area (Å²) >= 11 is 0. The van der Waals surface area contributed by atoms with Crippen molar-refractivity contribution in [3.63, 3.8) is 0 Å². The van der Waals surface area contributed by atoms with Crippen LogP contribution in [0.5, 0.6) is 5.75 Å². The molecule has 2 aromatic carbocycles. The first kappa shape index (κ1) is 19.2. The van der Waals surface area contributed by atoms with Gasteiger partial charge in [-0.2, -0.15) is 5.10 Å². The first-order valence-corrected chi connectivity index (χ1v) is 8.26. The molecule has 0 unspecified atom stereocenters. The molecular weight excluding hydrogens is 330 g/mol. The number of carbonyl (C=O) groups is 2. The van der Waals surface area contributed by atoms with Crippen molar-refractivity contribution in [3.05, 3.63) is 58.7 Å². The van der Waals surface area contributed by atoms with E-state index in [1.165, 1.54) is 12.1 Å². The van der Waals surface area contributed by atoms with Crippen LogP contribution in [0.4, 0.5) is 5.69 Å². The summed E-state index contributed by atoms with van der Waals surface area (Å²) in [6, 6.07) is 9.98. The largest absolute Gasteiger partial charge is 0.508 e. The van der Waals surface area contributed by atoms with Gasteiger partial charge in [0, 0.05) is 17.0 Å². The van der Waals surface area contributed by atoms with Crippen LogP contribution in [0, 0.1) is 20.8 Å². The molecule has 0 atom stereocenters. The van der Waals surface area contributed by atoms with Crippen LogP contribution in [-0.2, 0) is 4.79 Å². The van der Waals surface area contributed by atoms with E-state index >= 15 is 0 Å². The zero-order chi connectivity index (χ0) is 19.3. The molecule has 2 amide bonds. The van der Waals surface area contributed by atoms with Gasteiger partial charge in [-0.15, -0.1) is 0 Å². The lowest BCUT2D eigenvalue weighted by Gasteiger charge is -2.12. The molecule has 0 aromatic heterocycles. The molecule has 0 bridgehead atoms. The van der Waals surface area contributed by atoms with Gasteiger partial charge in [-0.3, -0.25) is 9.59 Å². The van der Waals surface area contributed by atoms with Crippen molar-refractivity contribution < 1.29 is 14.7 Å². The van der Waals surface area contributed by atoms with Gasteiger partial charge in [0.2, 0.25) is 5.91 Å². The monoisotopic (exact) mass is 353 g/mol. The maximum atomic E-state index is 12.2. The number of phenolic OH excluding ortho intramolecular Hbond substituents is 1. The van der Waals surface area contributed by atoms with E-state index in [0.29, 0.717) is 5.71 Å². The van der Waals surface area contributed by atoms with E-state index in [9.17, 15) is 14.7 Å². The number of nitrogens with zero attached hydrogens (tertiary/aromatic N) is 1. The summed E-state index contributed by atoms with van der Waals surface area (Å²) < 4.78 is 0. The first-order valence-electron chi connectivity index (χ1n) is 8.26. The molecule has 0 saturated carbocycles. The van der Waals surface area contributed by atoms with Gasteiger partial charge in [-0.25, -0.2) is 5.43 Å². The van der Waals surface area contributed by atoms with E-state index in [2.05, 4.69) is 15.8 Å². The van der Waals surface area contributed by atoms with Crippen LogP contribution >= 0.6 is 0 Å². The number of hydrogen-bond acceptors (Lipinski definition) is 4. The number of amides is 2. The average molecular weight is 353 g/mol. The fourth-order valence-corrected chi connectivity index (χ4v) is 2.69. The number of rotatable bonds is 5. The van der Waals surface area contributed by atoms with Gasteiger partial charge in [-0.1, -0.05) is 23.8 Å². The molecular formula is C20H23N3O3. The van der Waals surface area contributed by atoms with Gasteiger partial charge in [0.05, 0.1) is 6.42 Å². The van der Waals surface area contributed by atoms with E-state index in [0.717, 1.165) is 22.4 Å². The van der Waals surface area contributed by atoms with E-state index in [-0.39, 0.29) is 23.6 Å². The molecule has 136 valence electrons. The SMILES string of the molecule is CC(CC(=O)Nc1c(C)cc(C)cc1C)=NNC(=O)c1cccc(O)c1. The summed E-state index contributed by atoms with van der Waals surface area (Å²) in [7, 11) is 0. The summed E-state index contributed by atoms with van der Waals surface area (Å²) in [6.07, 6.45) is 0.0626. The van der Waals surface area contributed by atoms with Gasteiger partial charge in [-0.05, 0) is 57.0 Å². The Hall–Kier alpha value is -3.15. The summed E-state index contributed by atoms with van der Waals surface area (Å²) in [5.41, 5.74) is 7.09. The van der Waals surface area contributed by atoms with Crippen molar-refractivity contribution in [2.45, 2.75) is 34.1 Å². The number of aromatic hydroxyl groups is 1. The lowest BCUT2D eigenvalue weighted by atomic mass is 10.0. The number of hydrogen-bond donors (Lipinski definition) is 3. The molecule has 2 rings (SSSR count). The van der Waals surface area contributed by atoms with Crippen LogP contribution < -0.4 is 10.7 Å². The Bertz CT molecular complexity index is 849. The van der Waals surface area contributed by atoms with Crippen molar-refractivity contribution in [3.8, 4) is 5.75 Å². The highest BCUT2D eigenvalue weighted by atomic mass is 16.3. The number of carbonyl (C=O) groups excluding carboxylic acids is 2. The topological polar surface area (TPSA) is 90.8 Å². The second-order valence-corrected chi connectivity index (χ2v) is 6.34. The second kappa shape index (κ2) is 8.29. The van der Waals surface area contributed by atoms with Gasteiger partial charge < -0.3 is 10.4 Å². The lowest BCUT2D eigenvalue weighted by molar-refractivity contribution is -0.115. The zero-order valence-corrected chi connectivity index (χ0v) is 15.4. The predicted molar refractivity (Wildman–Crippen MR) is 103 cm³/mol. The third-order valence-corrected chi connectivity index (χ3v) is 3.81. The highest BCUT2D eigenvalue weighted by Gasteiger charge is 2.10. The normalized spacial score (nSPS) is 11.2. The van der Waals surface area contributed by atoms with Gasteiger partial charge in [0.25, 0.3) is 5.91 Å². The molecule has 0 fully saturated rings. The Morgan fingerprint density at radius 1 is 1.08 bits per heavy atom. The summed E-state index contributed by atoms with van der Waals surface area (Å²) in [6.45, 7) is 7.58. The minimum Gasteiger partial charge on any atom is -0.508 e. The Morgan fingerprint density at radius 3 is 2.35 bits per heavy atom. The lowest BCUT2D eigenvalue weighted by Crippen LogP contribution is -2.21. The average Bonchev–Trinajstić information content (AvgIpc) is 2.56. The number of hydrazone groups is 1. The molecule has 3 N–H and O–H groups in total. The molecule has 6 heteroatoms. The highest BCUT2D eigenvalue weighted by molar-refractivity contribution is 6.06. The number of aryl methyl sites for hydroxylation is 3. The predicted octanol–water partition coefficient (Wildman–Crippen LogP) is 3.45. The summed E-state index contributed by atoms with van der Waals surface area (Å²) in [4.78, 5) is 24.2. The summed E-state index contributed by atoms with van der Waals surface area (Å²) in [5, 5.41) is 16.2. The first-order chi connectivity index (χ1) is 12.3. The van der Waals surface area contributed by atoms with E-state index in [4.69, 9.17) is 0 Å². The Morgan fingerprint density at radius 2 is 1.73 bits per heavy atom. The Labute approximate surface area is 152 Å². The van der Waals surface area contributed by atoms with Crippen LogP contribution in [0.2, 0.25) is 0 Å². The molecule has 0 spiro atoms. The van der Waals surface area contributed by atoms with E-state index < -0.39 is 5.91 Å². The van der Waals surface area contributed by atoms with Crippen molar-refractivity contribution in [1.29, 1.82) is 0 Å². The molecule has 0 aliphatic rings. The fourth-order valence-electron chi connectivity index (χ4n) is 2.69. The minimum atomic E-state index is -0.453. The zero-order valence-electron chi connectivity index (χ0n) is 15.4. The van der Waals surface area contributed by atoms with Crippen molar-refractivity contribution in [2.75, 3.05) is 5.32 Å². The van der Waals surface area contributed by atoms with Crippen molar-refractivity contribution >= 4 is 23.2 Å². The number of anilines is 1. The second-order valence-electron chi connectivity index (χ2n) is 6.34. The van der Waals surface area contributed by atoms with Crippen molar-refractivity contribution in [1.82, 2.24) is 5.43 Å². The van der Waals surface area contributed by atoms with Crippen LogP contribution in [0.15, 0.2) is 41.5 Å². The van der Waals surface area contributed by atoms with E-state index in [1.807, 2.05) is 32.9 Å². The third kappa shape index (κ3) is 5.17. The third-order valence-electron chi connectivity index (χ3n) is 3.81. The van der Waals surface area contributed by atoms with Crippen LogP contribution in [0.1, 0.15) is 40.4 Å². The standard InChI is InChI=1S/C20H23N3O3/c1-12-8-13(2)19(14(3)9-12)21-18(25)10-15(4)22-23-20(26)16-6-5-7-17(24)11-16/h5-9,11,24H,10H2,1-4H3,(H,21,25)(H,23,26). The molecule has 0 saturated heterocycles. The van der Waals surface area contributed by atoms with Crippen molar-refractivity contribution in [2.24, 2.45) is 5.10 Å². The maximum Gasteiger partial charge on any atom is 0.271 e. The fraction of sp³-hybridized carbons (Fsp3) is 0.250. The Balaban J connectivity index is 1.96. The van der Waals surface area contributed by atoms with E-state index in [1.54, 1.807) is 19.1 Å². The number of nitrogens with one attached hydrogen (secondary N) is 2. The molecule has 0 radical (unpaired) electrons. The molecule has 2 aromatic rings. The molecule has 0 heterocycles. The smallest absolute Gasteiger partial charge is 0.271 e. The quantitative estimate of drug-likeness (QED) is 0.568.